The molecule has 6 rings (SSSR count). The number of nitrogens with one attached hydrogen (secondary N) is 2. The topological polar surface area (TPSA) is 108 Å². The van der Waals surface area contributed by atoms with E-state index in [4.69, 9.17) is 0 Å². The average molecular weight is 567 g/mol. The van der Waals surface area contributed by atoms with Crippen LogP contribution in [0.3, 0.4) is 0 Å². The molecule has 5 heterocycles. The first kappa shape index (κ1) is 27.5. The van der Waals surface area contributed by atoms with Gasteiger partial charge in [-0.1, -0.05) is 38.1 Å². The van der Waals surface area contributed by atoms with Gasteiger partial charge in [0.15, 0.2) is 11.5 Å². The van der Waals surface area contributed by atoms with Gasteiger partial charge in [0.2, 0.25) is 11.6 Å². The lowest BCUT2D eigenvalue weighted by atomic mass is 9.78. The minimum atomic E-state index is -2.56. The van der Waals surface area contributed by atoms with Crippen molar-refractivity contribution in [1.82, 2.24) is 34.9 Å². The van der Waals surface area contributed by atoms with Gasteiger partial charge in [-0.3, -0.25) is 9.59 Å². The molecule has 3 aromatic rings. The van der Waals surface area contributed by atoms with Gasteiger partial charge < -0.3 is 20.4 Å². The fourth-order valence-electron chi connectivity index (χ4n) is 6.36. The van der Waals surface area contributed by atoms with Crippen LogP contribution in [0, 0.1) is 12.8 Å². The predicted molar refractivity (Wildman–Crippen MR) is 149 cm³/mol. The Balaban J connectivity index is 1.27. The number of aryl methyl sites for hydroxylation is 1. The van der Waals surface area contributed by atoms with E-state index in [0.29, 0.717) is 49.8 Å². The maximum absolute atomic E-state index is 14.3. The molecule has 3 aliphatic heterocycles. The Morgan fingerprint density at radius 1 is 1.20 bits per heavy atom. The second kappa shape index (κ2) is 10.6. The molecule has 1 aromatic carbocycles. The summed E-state index contributed by atoms with van der Waals surface area (Å²) >= 11 is 0. The van der Waals surface area contributed by atoms with Gasteiger partial charge in [0.05, 0.1) is 17.8 Å². The summed E-state index contributed by atoms with van der Waals surface area (Å²) in [5.41, 5.74) is 3.45. The van der Waals surface area contributed by atoms with Gasteiger partial charge in [-0.15, -0.1) is 10.2 Å². The number of piperazine rings is 1. The molecule has 0 unspecified atom stereocenters. The molecular formula is C29H36F2N8O2. The third-order valence-electron chi connectivity index (χ3n) is 8.63. The number of piperidine rings is 1. The number of anilines is 1. The van der Waals surface area contributed by atoms with Gasteiger partial charge in [0.25, 0.3) is 11.8 Å². The molecule has 218 valence electrons. The first-order valence-corrected chi connectivity index (χ1v) is 14.4. The van der Waals surface area contributed by atoms with Crippen LogP contribution in [0.1, 0.15) is 66.6 Å². The number of carbonyl (C=O) groups is 2. The van der Waals surface area contributed by atoms with Crippen LogP contribution in [0.4, 0.5) is 14.5 Å². The highest BCUT2D eigenvalue weighted by Gasteiger charge is 2.50. The summed E-state index contributed by atoms with van der Waals surface area (Å²) in [6.45, 7) is 7.91. The van der Waals surface area contributed by atoms with Gasteiger partial charge >= 0.3 is 0 Å². The first-order valence-electron chi connectivity index (χ1n) is 14.4. The van der Waals surface area contributed by atoms with Crippen molar-refractivity contribution in [3.63, 3.8) is 0 Å². The van der Waals surface area contributed by atoms with Crippen LogP contribution in [0.25, 0.3) is 5.65 Å². The van der Waals surface area contributed by atoms with E-state index in [1.165, 1.54) is 0 Å². The van der Waals surface area contributed by atoms with Crippen LogP contribution in [0.15, 0.2) is 30.3 Å². The molecule has 12 heteroatoms. The van der Waals surface area contributed by atoms with Crippen LogP contribution < -0.4 is 10.6 Å². The fraction of sp³-hybridized carbons (Fsp3) is 0.552. The SMILES string of the molecule is Cc1nnc2c(NCCCN3CCC(F)(F)CC3)cc(C(=O)N3[C@@H]4c5ccccc5C[C@H]3C(=O)N[C@@H]4C(C)C)nn12. The van der Waals surface area contributed by atoms with Gasteiger partial charge in [0.1, 0.15) is 6.04 Å². The predicted octanol–water partition coefficient (Wildman–Crippen LogP) is 3.23. The van der Waals surface area contributed by atoms with Gasteiger partial charge in [-0.05, 0) is 43.0 Å². The summed E-state index contributed by atoms with van der Waals surface area (Å²) in [4.78, 5) is 31.4. The molecule has 0 saturated carbocycles. The number of amides is 2. The van der Waals surface area contributed by atoms with E-state index in [0.717, 1.165) is 17.5 Å². The molecule has 2 amide bonds. The maximum atomic E-state index is 14.3. The van der Waals surface area contributed by atoms with E-state index in [1.807, 2.05) is 38.1 Å². The van der Waals surface area contributed by atoms with E-state index in [9.17, 15) is 18.4 Å². The van der Waals surface area contributed by atoms with Crippen LogP contribution in [-0.2, 0) is 11.2 Å². The highest BCUT2D eigenvalue weighted by molar-refractivity contribution is 5.99. The van der Waals surface area contributed by atoms with E-state index in [-0.39, 0.29) is 48.4 Å². The monoisotopic (exact) mass is 566 g/mol. The Morgan fingerprint density at radius 2 is 1.95 bits per heavy atom. The third-order valence-corrected chi connectivity index (χ3v) is 8.63. The molecule has 3 atom stereocenters. The molecule has 0 radical (unpaired) electrons. The molecule has 2 bridgehead atoms. The number of halogens is 2. The van der Waals surface area contributed by atoms with E-state index in [2.05, 4.69) is 30.8 Å². The van der Waals surface area contributed by atoms with Crippen molar-refractivity contribution in [2.45, 2.75) is 70.5 Å². The second-order valence-electron chi connectivity index (χ2n) is 11.8. The number of likely N-dealkylation sites (tertiary alicyclic amines) is 1. The second-order valence-corrected chi connectivity index (χ2v) is 11.8. The van der Waals surface area contributed by atoms with Gasteiger partial charge in [0, 0.05) is 38.9 Å². The number of benzene rings is 1. The highest BCUT2D eigenvalue weighted by Crippen LogP contribution is 2.41. The summed E-state index contributed by atoms with van der Waals surface area (Å²) in [5.74, 6) is -2.39. The van der Waals surface area contributed by atoms with Crippen LogP contribution >= 0.6 is 0 Å². The van der Waals surface area contributed by atoms with E-state index < -0.39 is 12.0 Å². The molecule has 2 saturated heterocycles. The summed E-state index contributed by atoms with van der Waals surface area (Å²) in [5, 5.41) is 19.6. The molecule has 41 heavy (non-hydrogen) atoms. The maximum Gasteiger partial charge on any atom is 0.275 e. The summed E-state index contributed by atoms with van der Waals surface area (Å²) in [6.07, 6.45) is 0.972. The standard InChI is InChI=1S/C29H36F2N8O2/c1-17(2)24-25-20-8-5-4-7-19(20)15-23(27(40)33-24)38(25)28(41)22-16-21(26-35-34-18(3)39(26)36-22)32-11-6-12-37-13-9-29(30,31)10-14-37/h4-5,7-8,16-17,23-25,32H,6,9-15H2,1-3H3,(H,33,40)/t23-,24+,25+/m0/s1. The molecule has 2 fully saturated rings. The van der Waals surface area contributed by atoms with Crippen LogP contribution in [0.5, 0.6) is 0 Å². The molecule has 0 aliphatic carbocycles. The van der Waals surface area contributed by atoms with Crippen molar-refractivity contribution < 1.29 is 18.4 Å². The first-order chi connectivity index (χ1) is 19.6. The Kier molecular flexibility index (Phi) is 7.13. The van der Waals surface area contributed by atoms with Crippen molar-refractivity contribution in [2.24, 2.45) is 5.92 Å². The number of alkyl halides is 2. The summed E-state index contributed by atoms with van der Waals surface area (Å²) in [6, 6.07) is 8.52. The zero-order valence-corrected chi connectivity index (χ0v) is 23.6. The largest absolute Gasteiger partial charge is 0.382 e. The number of hydrogen-bond donors (Lipinski definition) is 2. The lowest BCUT2D eigenvalue weighted by Gasteiger charge is -2.51. The molecule has 3 aliphatic rings. The Bertz CT molecular complexity index is 1460. The van der Waals surface area contributed by atoms with Crippen LogP contribution in [-0.4, -0.2) is 85.6 Å². The third kappa shape index (κ3) is 5.13. The lowest BCUT2D eigenvalue weighted by Crippen LogP contribution is -2.66. The Morgan fingerprint density at radius 3 is 2.71 bits per heavy atom. The number of rotatable bonds is 7. The lowest BCUT2D eigenvalue weighted by molar-refractivity contribution is -0.133. The molecule has 0 spiro atoms. The van der Waals surface area contributed by atoms with E-state index >= 15 is 0 Å². The molecule has 10 nitrogen and oxygen atoms in total. The highest BCUT2D eigenvalue weighted by atomic mass is 19.3. The van der Waals surface area contributed by atoms with Crippen molar-refractivity contribution in [1.29, 1.82) is 0 Å². The average Bonchev–Trinajstić information content (AvgIpc) is 3.33. The minimum absolute atomic E-state index is 0.102. The summed E-state index contributed by atoms with van der Waals surface area (Å²) < 4.78 is 28.5. The van der Waals surface area contributed by atoms with Crippen molar-refractivity contribution >= 4 is 23.1 Å². The number of aromatic nitrogens is 4. The van der Waals surface area contributed by atoms with Crippen LogP contribution in [0.2, 0.25) is 0 Å². The molecule has 2 aromatic heterocycles. The molecule has 2 N–H and O–H groups in total. The smallest absolute Gasteiger partial charge is 0.275 e. The number of carbonyl (C=O) groups excluding carboxylic acids is 2. The number of nitrogens with zero attached hydrogens (tertiary/aromatic N) is 6. The Hall–Kier alpha value is -3.67. The minimum Gasteiger partial charge on any atom is -0.382 e. The van der Waals surface area contributed by atoms with Gasteiger partial charge in [-0.2, -0.15) is 9.61 Å². The quantitative estimate of drug-likeness (QED) is 0.423. The molecular weight excluding hydrogens is 530 g/mol. The zero-order valence-electron chi connectivity index (χ0n) is 23.6. The van der Waals surface area contributed by atoms with Crippen molar-refractivity contribution in [2.75, 3.05) is 31.5 Å². The number of fused-ring (bicyclic) bond motifs is 5. The summed E-state index contributed by atoms with van der Waals surface area (Å²) in [7, 11) is 0. The number of hydrogen-bond acceptors (Lipinski definition) is 7. The fourth-order valence-corrected chi connectivity index (χ4v) is 6.36. The van der Waals surface area contributed by atoms with Crippen molar-refractivity contribution in [3.05, 3.63) is 53.0 Å². The van der Waals surface area contributed by atoms with E-state index in [1.54, 1.807) is 22.4 Å². The zero-order chi connectivity index (χ0) is 28.9. The van der Waals surface area contributed by atoms with Crippen molar-refractivity contribution in [3.8, 4) is 0 Å². The normalized spacial score (nSPS) is 23.9. The Labute approximate surface area is 237 Å². The van der Waals surface area contributed by atoms with Gasteiger partial charge in [-0.25, -0.2) is 8.78 Å².